The molecule has 0 atom stereocenters. The maximum absolute atomic E-state index is 9.11. The van der Waals surface area contributed by atoms with Crippen LogP contribution in [0.1, 0.15) is 17.7 Å². The molecule has 0 aliphatic carbocycles. The van der Waals surface area contributed by atoms with Gasteiger partial charge in [0.2, 0.25) is 0 Å². The fraction of sp³-hybridized carbons (Fsp3) is 0.211. The van der Waals surface area contributed by atoms with Crippen molar-refractivity contribution >= 4 is 0 Å². The number of nitrogens with zero attached hydrogens (tertiary/aromatic N) is 1. The van der Waals surface area contributed by atoms with Crippen LogP contribution >= 0.6 is 0 Å². The van der Waals surface area contributed by atoms with Gasteiger partial charge < -0.3 is 5.11 Å². The number of aliphatic hydroxyl groups excluding tert-OH is 1. The number of aliphatic hydroxyl groups is 1. The molecule has 1 aromatic heterocycles. The third-order valence-corrected chi connectivity index (χ3v) is 3.81. The highest BCUT2D eigenvalue weighted by Gasteiger charge is 2.16. The normalized spacial score (nSPS) is 10.8. The molecular weight excluding hydrogens is 272 g/mol. The highest BCUT2D eigenvalue weighted by Crippen LogP contribution is 2.33. The van der Waals surface area contributed by atoms with Gasteiger partial charge in [-0.2, -0.15) is 5.10 Å². The number of aromatic amines is 1. The lowest BCUT2D eigenvalue weighted by molar-refractivity contribution is 0.288. The van der Waals surface area contributed by atoms with Gasteiger partial charge in [-0.25, -0.2) is 0 Å². The molecule has 112 valence electrons. The Balaban J connectivity index is 2.10. The molecule has 0 aliphatic heterocycles. The molecule has 0 saturated carbocycles. The number of aromatic nitrogens is 2. The summed E-state index contributed by atoms with van der Waals surface area (Å²) in [6.07, 6.45) is 1.52. The molecule has 22 heavy (non-hydrogen) atoms. The fourth-order valence-electron chi connectivity index (χ4n) is 2.65. The molecule has 3 nitrogen and oxygen atoms in total. The molecule has 3 heteroatoms. The van der Waals surface area contributed by atoms with Gasteiger partial charge in [0.05, 0.1) is 0 Å². The van der Waals surface area contributed by atoms with Crippen LogP contribution in [-0.4, -0.2) is 21.9 Å². The Hall–Kier alpha value is -2.39. The first-order valence-electron chi connectivity index (χ1n) is 7.60. The molecule has 0 saturated heterocycles. The van der Waals surface area contributed by atoms with Gasteiger partial charge in [-0.3, -0.25) is 5.10 Å². The number of hydrogen-bond donors (Lipinski definition) is 2. The molecule has 2 N–H and O–H groups in total. The monoisotopic (exact) mass is 292 g/mol. The van der Waals surface area contributed by atoms with Crippen molar-refractivity contribution in [3.8, 4) is 22.4 Å². The maximum atomic E-state index is 9.11. The Morgan fingerprint density at radius 2 is 1.68 bits per heavy atom. The summed E-state index contributed by atoms with van der Waals surface area (Å²) in [6, 6.07) is 18.7. The first-order valence-corrected chi connectivity index (χ1v) is 7.60. The Kier molecular flexibility index (Phi) is 4.35. The van der Waals surface area contributed by atoms with Gasteiger partial charge in [0, 0.05) is 23.4 Å². The van der Waals surface area contributed by atoms with Crippen LogP contribution in [0.3, 0.4) is 0 Å². The van der Waals surface area contributed by atoms with Crippen LogP contribution < -0.4 is 0 Å². The Morgan fingerprint density at radius 1 is 0.955 bits per heavy atom. The first-order chi connectivity index (χ1) is 10.8. The minimum atomic E-state index is 0.188. The van der Waals surface area contributed by atoms with E-state index in [0.717, 1.165) is 40.9 Å². The van der Waals surface area contributed by atoms with E-state index in [9.17, 15) is 0 Å². The minimum Gasteiger partial charge on any atom is -0.396 e. The standard InChI is InChI=1S/C19H20N2O/c1-14-9-11-16(12-10-14)19-18(15-6-3-2-4-7-15)17(20-21-19)8-5-13-22/h2-4,6-7,9-12,22H,5,8,13H2,1H3,(H,20,21). The van der Waals surface area contributed by atoms with Crippen LogP contribution in [0.15, 0.2) is 54.6 Å². The van der Waals surface area contributed by atoms with Crippen LogP contribution in [0.5, 0.6) is 0 Å². The third-order valence-electron chi connectivity index (χ3n) is 3.81. The van der Waals surface area contributed by atoms with Crippen molar-refractivity contribution in [3.05, 3.63) is 65.9 Å². The van der Waals surface area contributed by atoms with E-state index in [1.165, 1.54) is 5.56 Å². The molecule has 1 heterocycles. The van der Waals surface area contributed by atoms with Crippen LogP contribution in [0.25, 0.3) is 22.4 Å². The summed E-state index contributed by atoms with van der Waals surface area (Å²) in [7, 11) is 0. The molecule has 3 rings (SSSR count). The fourth-order valence-corrected chi connectivity index (χ4v) is 2.65. The predicted molar refractivity (Wildman–Crippen MR) is 89.6 cm³/mol. The molecule has 0 amide bonds. The van der Waals surface area contributed by atoms with E-state index < -0.39 is 0 Å². The second-order valence-corrected chi connectivity index (χ2v) is 5.48. The first kappa shape index (κ1) is 14.5. The van der Waals surface area contributed by atoms with E-state index in [4.69, 9.17) is 5.11 Å². The van der Waals surface area contributed by atoms with Crippen molar-refractivity contribution in [2.24, 2.45) is 0 Å². The summed E-state index contributed by atoms with van der Waals surface area (Å²) < 4.78 is 0. The van der Waals surface area contributed by atoms with Crippen LogP contribution in [0.4, 0.5) is 0 Å². The zero-order valence-corrected chi connectivity index (χ0v) is 12.7. The molecule has 2 aromatic carbocycles. The lowest BCUT2D eigenvalue weighted by Crippen LogP contribution is -1.92. The summed E-state index contributed by atoms with van der Waals surface area (Å²) in [5.74, 6) is 0. The second-order valence-electron chi connectivity index (χ2n) is 5.48. The number of H-pyrrole nitrogens is 1. The Labute approximate surface area is 130 Å². The average molecular weight is 292 g/mol. The molecule has 0 fully saturated rings. The van der Waals surface area contributed by atoms with Gasteiger partial charge in [-0.05, 0) is 25.3 Å². The smallest absolute Gasteiger partial charge is 0.100 e. The van der Waals surface area contributed by atoms with Crippen molar-refractivity contribution in [2.75, 3.05) is 6.61 Å². The third kappa shape index (κ3) is 2.95. The van der Waals surface area contributed by atoms with Crippen molar-refractivity contribution in [3.63, 3.8) is 0 Å². The quantitative estimate of drug-likeness (QED) is 0.747. The van der Waals surface area contributed by atoms with Gasteiger partial charge in [0.1, 0.15) is 5.69 Å². The molecular formula is C19H20N2O. The number of nitrogens with one attached hydrogen (secondary N) is 1. The Morgan fingerprint density at radius 3 is 2.36 bits per heavy atom. The van der Waals surface area contributed by atoms with E-state index in [2.05, 4.69) is 53.5 Å². The molecule has 0 unspecified atom stereocenters. The molecule has 0 radical (unpaired) electrons. The number of benzene rings is 2. The summed E-state index contributed by atoms with van der Waals surface area (Å²) in [5, 5.41) is 16.8. The number of aryl methyl sites for hydroxylation is 2. The number of hydrogen-bond acceptors (Lipinski definition) is 2. The van der Waals surface area contributed by atoms with Gasteiger partial charge in [0.25, 0.3) is 0 Å². The lowest BCUT2D eigenvalue weighted by Gasteiger charge is -2.07. The summed E-state index contributed by atoms with van der Waals surface area (Å²) in [5.41, 5.74) is 6.68. The highest BCUT2D eigenvalue weighted by atomic mass is 16.2. The van der Waals surface area contributed by atoms with E-state index >= 15 is 0 Å². The topological polar surface area (TPSA) is 48.9 Å². The van der Waals surface area contributed by atoms with Gasteiger partial charge in [0.15, 0.2) is 0 Å². The van der Waals surface area contributed by atoms with E-state index in [1.807, 2.05) is 18.2 Å². The zero-order valence-electron chi connectivity index (χ0n) is 12.7. The van der Waals surface area contributed by atoms with Crippen LogP contribution in [0.2, 0.25) is 0 Å². The van der Waals surface area contributed by atoms with Crippen LogP contribution in [0, 0.1) is 6.92 Å². The van der Waals surface area contributed by atoms with Gasteiger partial charge in [-0.1, -0.05) is 60.2 Å². The van der Waals surface area contributed by atoms with Crippen molar-refractivity contribution in [2.45, 2.75) is 19.8 Å². The van der Waals surface area contributed by atoms with Crippen molar-refractivity contribution in [1.29, 1.82) is 0 Å². The zero-order chi connectivity index (χ0) is 15.4. The maximum Gasteiger partial charge on any atom is 0.100 e. The summed E-state index contributed by atoms with van der Waals surface area (Å²) in [4.78, 5) is 0. The lowest BCUT2D eigenvalue weighted by atomic mass is 9.97. The highest BCUT2D eigenvalue weighted by molar-refractivity contribution is 5.82. The number of rotatable bonds is 5. The van der Waals surface area contributed by atoms with E-state index in [-0.39, 0.29) is 6.61 Å². The molecule has 0 bridgehead atoms. The van der Waals surface area contributed by atoms with E-state index in [1.54, 1.807) is 0 Å². The minimum absolute atomic E-state index is 0.188. The Bertz CT molecular complexity index is 730. The average Bonchev–Trinajstić information content (AvgIpc) is 2.98. The molecule has 0 aliphatic rings. The van der Waals surface area contributed by atoms with Gasteiger partial charge >= 0.3 is 0 Å². The SMILES string of the molecule is Cc1ccc(-c2n[nH]c(CCCO)c2-c2ccccc2)cc1. The summed E-state index contributed by atoms with van der Waals surface area (Å²) in [6.45, 7) is 2.27. The predicted octanol–water partition coefficient (Wildman–Crippen LogP) is 3.98. The van der Waals surface area contributed by atoms with Gasteiger partial charge in [-0.15, -0.1) is 0 Å². The van der Waals surface area contributed by atoms with Crippen molar-refractivity contribution in [1.82, 2.24) is 10.2 Å². The summed E-state index contributed by atoms with van der Waals surface area (Å²) >= 11 is 0. The molecule has 0 spiro atoms. The largest absolute Gasteiger partial charge is 0.396 e. The van der Waals surface area contributed by atoms with Crippen molar-refractivity contribution < 1.29 is 5.11 Å². The second kappa shape index (κ2) is 6.58. The molecule has 3 aromatic rings. The van der Waals surface area contributed by atoms with E-state index in [0.29, 0.717) is 0 Å². The van der Waals surface area contributed by atoms with Crippen LogP contribution in [-0.2, 0) is 6.42 Å².